The monoisotopic (exact) mass is 262 g/mol. The highest BCUT2D eigenvalue weighted by molar-refractivity contribution is 5.01. The van der Waals surface area contributed by atoms with Crippen LogP contribution in [0.2, 0.25) is 0 Å². The first-order valence-electron chi connectivity index (χ1n) is 8.88. The van der Waals surface area contributed by atoms with Gasteiger partial charge in [0.2, 0.25) is 0 Å². The predicted molar refractivity (Wildman–Crippen MR) is 77.7 cm³/mol. The second kappa shape index (κ2) is 4.76. The smallest absolute Gasteiger partial charge is 0.0601 e. The topological polar surface area (TPSA) is 20.2 Å². The fraction of sp³-hybridized carbons (Fsp3) is 1.00. The molecule has 0 aromatic rings. The van der Waals surface area contributed by atoms with Gasteiger partial charge in [0.15, 0.2) is 0 Å². The van der Waals surface area contributed by atoms with Crippen LogP contribution in [0.5, 0.6) is 0 Å². The van der Waals surface area contributed by atoms with E-state index in [0.29, 0.717) is 11.8 Å². The molecular weight excluding hydrogens is 232 g/mol. The maximum atomic E-state index is 11.0. The van der Waals surface area contributed by atoms with E-state index in [2.05, 4.69) is 6.92 Å². The second-order valence-corrected chi connectivity index (χ2v) is 8.52. The van der Waals surface area contributed by atoms with E-state index in [4.69, 9.17) is 0 Å². The lowest BCUT2D eigenvalue weighted by Crippen LogP contribution is -2.51. The maximum absolute atomic E-state index is 11.0. The van der Waals surface area contributed by atoms with E-state index in [0.717, 1.165) is 29.6 Å². The summed E-state index contributed by atoms with van der Waals surface area (Å²) in [6.45, 7) is 2.38. The summed E-state index contributed by atoms with van der Waals surface area (Å²) in [7, 11) is 0. The Balaban J connectivity index is 1.46. The third-order valence-electron chi connectivity index (χ3n) is 7.24. The second-order valence-electron chi connectivity index (χ2n) is 8.52. The van der Waals surface area contributed by atoms with E-state index in [-0.39, 0.29) is 6.10 Å². The van der Waals surface area contributed by atoms with Crippen LogP contribution in [0.3, 0.4) is 0 Å². The van der Waals surface area contributed by atoms with Crippen LogP contribution >= 0.6 is 0 Å². The van der Waals surface area contributed by atoms with Crippen molar-refractivity contribution in [3.63, 3.8) is 0 Å². The lowest BCUT2D eigenvalue weighted by Gasteiger charge is -2.56. The van der Waals surface area contributed by atoms with Crippen molar-refractivity contribution < 1.29 is 5.11 Å². The van der Waals surface area contributed by atoms with E-state index < -0.39 is 0 Å². The minimum atomic E-state index is 0.0440. The molecule has 5 saturated carbocycles. The van der Waals surface area contributed by atoms with Crippen molar-refractivity contribution in [2.24, 2.45) is 41.4 Å². The van der Waals surface area contributed by atoms with Crippen LogP contribution in [-0.4, -0.2) is 11.2 Å². The molecule has 0 spiro atoms. The van der Waals surface area contributed by atoms with Gasteiger partial charge < -0.3 is 5.11 Å². The molecule has 5 aliphatic rings. The normalized spacial score (nSPS) is 54.3. The van der Waals surface area contributed by atoms with Crippen molar-refractivity contribution in [1.82, 2.24) is 0 Å². The number of aliphatic hydroxyl groups excluding tert-OH is 1. The lowest BCUT2D eigenvalue weighted by atomic mass is 9.50. The lowest BCUT2D eigenvalue weighted by molar-refractivity contribution is -0.110. The molecule has 1 N–H and O–H groups in total. The molecule has 0 aliphatic heterocycles. The zero-order valence-electron chi connectivity index (χ0n) is 12.4. The van der Waals surface area contributed by atoms with Crippen molar-refractivity contribution in [3.8, 4) is 0 Å². The van der Waals surface area contributed by atoms with Gasteiger partial charge in [-0.15, -0.1) is 0 Å². The number of hydrogen-bond donors (Lipinski definition) is 1. The molecule has 19 heavy (non-hydrogen) atoms. The van der Waals surface area contributed by atoms with E-state index in [1.54, 1.807) is 0 Å². The number of hydrogen-bond acceptors (Lipinski definition) is 1. The van der Waals surface area contributed by atoms with Gasteiger partial charge in [-0.3, -0.25) is 0 Å². The molecule has 108 valence electrons. The third kappa shape index (κ3) is 2.17. The summed E-state index contributed by atoms with van der Waals surface area (Å²) in [4.78, 5) is 0. The van der Waals surface area contributed by atoms with E-state index in [1.807, 2.05) is 0 Å². The Morgan fingerprint density at radius 1 is 0.789 bits per heavy atom. The molecule has 1 unspecified atom stereocenters. The molecule has 1 heteroatoms. The molecule has 0 amide bonds. The summed E-state index contributed by atoms with van der Waals surface area (Å²) in [5.41, 5.74) is 0. The molecule has 0 aromatic heterocycles. The first-order chi connectivity index (χ1) is 9.20. The summed E-state index contributed by atoms with van der Waals surface area (Å²) in [6, 6.07) is 0. The summed E-state index contributed by atoms with van der Waals surface area (Å²) in [5, 5.41) is 11.0. The van der Waals surface area contributed by atoms with Crippen LogP contribution in [0, 0.1) is 41.4 Å². The van der Waals surface area contributed by atoms with Crippen molar-refractivity contribution in [2.45, 2.75) is 70.8 Å². The largest absolute Gasteiger partial charge is 0.393 e. The van der Waals surface area contributed by atoms with Crippen molar-refractivity contribution in [2.75, 3.05) is 0 Å². The maximum Gasteiger partial charge on any atom is 0.0601 e. The molecule has 5 aliphatic carbocycles. The fourth-order valence-electron chi connectivity index (χ4n) is 6.47. The highest BCUT2D eigenvalue weighted by atomic mass is 16.3. The van der Waals surface area contributed by atoms with Crippen LogP contribution in [0.4, 0.5) is 0 Å². The summed E-state index contributed by atoms with van der Waals surface area (Å²) in [5.74, 6) is 6.10. The van der Waals surface area contributed by atoms with Gasteiger partial charge >= 0.3 is 0 Å². The van der Waals surface area contributed by atoms with E-state index in [1.165, 1.54) is 57.8 Å². The highest BCUT2D eigenvalue weighted by Crippen LogP contribution is 2.58. The van der Waals surface area contributed by atoms with Crippen LogP contribution in [0.15, 0.2) is 0 Å². The highest BCUT2D eigenvalue weighted by Gasteiger charge is 2.51. The average Bonchev–Trinajstić information content (AvgIpc) is 2.38. The van der Waals surface area contributed by atoms with Crippen molar-refractivity contribution >= 4 is 0 Å². The van der Waals surface area contributed by atoms with Crippen LogP contribution in [0.1, 0.15) is 64.7 Å². The Hall–Kier alpha value is -0.0400. The Morgan fingerprint density at radius 3 is 1.84 bits per heavy atom. The molecule has 1 atom stereocenters. The van der Waals surface area contributed by atoms with Crippen LogP contribution in [-0.2, 0) is 0 Å². The zero-order valence-corrected chi connectivity index (χ0v) is 12.4. The van der Waals surface area contributed by atoms with Crippen LogP contribution < -0.4 is 0 Å². The molecule has 5 rings (SSSR count). The quantitative estimate of drug-likeness (QED) is 0.789. The van der Waals surface area contributed by atoms with Gasteiger partial charge in [-0.05, 0) is 86.4 Å². The van der Waals surface area contributed by atoms with Gasteiger partial charge in [0, 0.05) is 0 Å². The van der Waals surface area contributed by atoms with Crippen molar-refractivity contribution in [3.05, 3.63) is 0 Å². The van der Waals surface area contributed by atoms with Gasteiger partial charge in [-0.25, -0.2) is 0 Å². The summed E-state index contributed by atoms with van der Waals surface area (Å²) < 4.78 is 0. The third-order valence-corrected chi connectivity index (χ3v) is 7.24. The van der Waals surface area contributed by atoms with Gasteiger partial charge in [-0.2, -0.15) is 0 Å². The minimum Gasteiger partial charge on any atom is -0.393 e. The fourth-order valence-corrected chi connectivity index (χ4v) is 6.47. The van der Waals surface area contributed by atoms with E-state index in [9.17, 15) is 5.11 Å². The number of rotatable bonds is 2. The van der Waals surface area contributed by atoms with Gasteiger partial charge in [0.1, 0.15) is 0 Å². The Morgan fingerprint density at radius 2 is 1.32 bits per heavy atom. The molecule has 0 aromatic carbocycles. The molecular formula is C18H30O. The Kier molecular flexibility index (Phi) is 3.17. The SMILES string of the molecule is CC1CCC(C(O)C2C3CC4CC(C3)CC2C4)CC1. The summed E-state index contributed by atoms with van der Waals surface area (Å²) in [6.07, 6.45) is 12.7. The van der Waals surface area contributed by atoms with Gasteiger partial charge in [-0.1, -0.05) is 19.8 Å². The summed E-state index contributed by atoms with van der Waals surface area (Å²) >= 11 is 0. The molecule has 0 radical (unpaired) electrons. The first-order valence-corrected chi connectivity index (χ1v) is 8.88. The van der Waals surface area contributed by atoms with E-state index >= 15 is 0 Å². The standard InChI is InChI=1S/C18H30O/c1-11-2-4-14(5-3-11)18(19)17-15-7-12-6-13(9-15)10-16(17)8-12/h11-19H,2-10H2,1H3. The van der Waals surface area contributed by atoms with Crippen LogP contribution in [0.25, 0.3) is 0 Å². The number of aliphatic hydroxyl groups is 1. The van der Waals surface area contributed by atoms with Gasteiger partial charge in [0.25, 0.3) is 0 Å². The molecule has 0 saturated heterocycles. The predicted octanol–water partition coefficient (Wildman–Crippen LogP) is 4.25. The average molecular weight is 262 g/mol. The van der Waals surface area contributed by atoms with Gasteiger partial charge in [0.05, 0.1) is 6.10 Å². The minimum absolute atomic E-state index is 0.0440. The molecule has 5 fully saturated rings. The molecule has 0 heterocycles. The first kappa shape index (κ1) is 12.7. The Labute approximate surface area is 118 Å². The Bertz CT molecular complexity index is 301. The molecule has 4 bridgehead atoms. The molecule has 1 nitrogen and oxygen atoms in total. The zero-order chi connectivity index (χ0) is 13.0. The van der Waals surface area contributed by atoms with Crippen molar-refractivity contribution in [1.29, 1.82) is 0 Å².